The molecule has 0 atom stereocenters. The zero-order valence-corrected chi connectivity index (χ0v) is 19.7. The van der Waals surface area contributed by atoms with Gasteiger partial charge >= 0.3 is 0 Å². The van der Waals surface area contributed by atoms with E-state index in [1.165, 1.54) is 0 Å². The normalized spacial score (nSPS) is 15.2. The van der Waals surface area contributed by atoms with Crippen LogP contribution in [-0.2, 0) is 11.3 Å². The Hall–Kier alpha value is -1.58. The van der Waals surface area contributed by atoms with Gasteiger partial charge in [0.05, 0.1) is 12.6 Å². The topological polar surface area (TPSA) is 78.9 Å². The molecule has 0 unspecified atom stereocenters. The smallest absolute Gasteiger partial charge is 0.220 e. The summed E-state index contributed by atoms with van der Waals surface area (Å²) in [6, 6.07) is 3.90. The molecule has 28 heavy (non-hydrogen) atoms. The number of hydrogen-bond donors (Lipinski definition) is 2. The van der Waals surface area contributed by atoms with E-state index in [0.717, 1.165) is 44.0 Å². The van der Waals surface area contributed by atoms with Gasteiger partial charge in [-0.25, -0.2) is 9.98 Å². The molecule has 0 saturated carbocycles. The highest BCUT2D eigenvalue weighted by Crippen LogP contribution is 2.20. The van der Waals surface area contributed by atoms with E-state index in [1.807, 2.05) is 32.2 Å². The highest BCUT2D eigenvalue weighted by molar-refractivity contribution is 14.0. The largest absolute Gasteiger partial charge is 0.475 e. The summed E-state index contributed by atoms with van der Waals surface area (Å²) in [4.78, 5) is 23.0. The third-order valence-corrected chi connectivity index (χ3v) is 4.57. The highest BCUT2D eigenvalue weighted by Gasteiger charge is 2.23. The van der Waals surface area contributed by atoms with Crippen LogP contribution >= 0.6 is 24.0 Å². The Labute approximate surface area is 185 Å². The zero-order chi connectivity index (χ0) is 19.6. The molecule has 0 bridgehead atoms. The number of carbonyl (C=O) groups is 1. The van der Waals surface area contributed by atoms with Gasteiger partial charge in [-0.05, 0) is 45.1 Å². The van der Waals surface area contributed by atoms with Crippen molar-refractivity contribution in [3.8, 4) is 5.88 Å². The number of aliphatic imine (C=N–C) groups is 1. The maximum atomic E-state index is 11.6. The number of pyridine rings is 1. The lowest BCUT2D eigenvalue weighted by Crippen LogP contribution is -2.46. The number of nitrogens with zero attached hydrogens (tertiary/aromatic N) is 3. The second kappa shape index (κ2) is 12.8. The first-order valence-electron chi connectivity index (χ1n) is 9.87. The average molecular weight is 503 g/mol. The van der Waals surface area contributed by atoms with E-state index < -0.39 is 0 Å². The summed E-state index contributed by atoms with van der Waals surface area (Å²) in [5.41, 5.74) is 1.05. The first-order valence-corrected chi connectivity index (χ1v) is 9.87. The van der Waals surface area contributed by atoms with Crippen LogP contribution in [0.15, 0.2) is 23.3 Å². The third kappa shape index (κ3) is 8.20. The van der Waals surface area contributed by atoms with E-state index in [4.69, 9.17) is 9.73 Å². The van der Waals surface area contributed by atoms with Gasteiger partial charge in [-0.3, -0.25) is 4.79 Å². The van der Waals surface area contributed by atoms with Crippen molar-refractivity contribution in [2.45, 2.75) is 52.7 Å². The fourth-order valence-electron chi connectivity index (χ4n) is 3.12. The van der Waals surface area contributed by atoms with E-state index in [0.29, 0.717) is 24.8 Å². The number of amides is 1. The molecular formula is C20H34IN5O2. The number of piperidine rings is 1. The number of aromatic nitrogens is 1. The summed E-state index contributed by atoms with van der Waals surface area (Å²) in [7, 11) is 1.70. The van der Waals surface area contributed by atoms with Crippen LogP contribution in [0.1, 0.15) is 45.6 Å². The van der Waals surface area contributed by atoms with Crippen molar-refractivity contribution in [2.75, 3.05) is 26.7 Å². The second-order valence-corrected chi connectivity index (χ2v) is 7.15. The van der Waals surface area contributed by atoms with Gasteiger partial charge in [0.2, 0.25) is 11.8 Å². The Kier molecular flexibility index (Phi) is 11.2. The van der Waals surface area contributed by atoms with Gasteiger partial charge in [0, 0.05) is 45.4 Å². The van der Waals surface area contributed by atoms with Crippen molar-refractivity contribution in [3.05, 3.63) is 23.9 Å². The molecule has 158 valence electrons. The molecule has 1 fully saturated rings. The van der Waals surface area contributed by atoms with Crippen LogP contribution in [0.2, 0.25) is 0 Å². The fraction of sp³-hybridized carbons (Fsp3) is 0.650. The van der Waals surface area contributed by atoms with Crippen molar-refractivity contribution in [1.29, 1.82) is 0 Å². The molecule has 2 heterocycles. The SMILES string of the molecule is CCNC(=NCc1ccc(OC(C)C)nc1)N1CCC(CC(=O)NC)CC1.I. The molecule has 0 aliphatic carbocycles. The van der Waals surface area contributed by atoms with Crippen LogP contribution in [-0.4, -0.2) is 54.5 Å². The molecule has 1 aliphatic heterocycles. The molecule has 1 aromatic heterocycles. The molecule has 8 heteroatoms. The number of guanidine groups is 1. The monoisotopic (exact) mass is 503 g/mol. The number of nitrogens with one attached hydrogen (secondary N) is 2. The van der Waals surface area contributed by atoms with Crippen molar-refractivity contribution >= 4 is 35.8 Å². The molecular weight excluding hydrogens is 469 g/mol. The van der Waals surface area contributed by atoms with Gasteiger partial charge in [0.15, 0.2) is 5.96 Å². The van der Waals surface area contributed by atoms with Gasteiger partial charge < -0.3 is 20.3 Å². The molecule has 0 aromatic carbocycles. The van der Waals surface area contributed by atoms with Crippen LogP contribution in [0.3, 0.4) is 0 Å². The van der Waals surface area contributed by atoms with Gasteiger partial charge in [-0.1, -0.05) is 6.07 Å². The van der Waals surface area contributed by atoms with Crippen LogP contribution in [0.4, 0.5) is 0 Å². The van der Waals surface area contributed by atoms with Gasteiger partial charge in [0.1, 0.15) is 0 Å². The van der Waals surface area contributed by atoms with Gasteiger partial charge in [-0.15, -0.1) is 24.0 Å². The minimum atomic E-state index is 0. The quantitative estimate of drug-likeness (QED) is 0.340. The number of hydrogen-bond acceptors (Lipinski definition) is 4. The molecule has 0 radical (unpaired) electrons. The maximum Gasteiger partial charge on any atom is 0.220 e. The average Bonchev–Trinajstić information content (AvgIpc) is 2.66. The van der Waals surface area contributed by atoms with Gasteiger partial charge in [-0.2, -0.15) is 0 Å². The molecule has 2 rings (SSSR count). The lowest BCUT2D eigenvalue weighted by atomic mass is 9.93. The first kappa shape index (κ1) is 24.5. The predicted molar refractivity (Wildman–Crippen MR) is 123 cm³/mol. The summed E-state index contributed by atoms with van der Waals surface area (Å²) in [6.07, 6.45) is 4.59. The number of ether oxygens (including phenoxy) is 1. The highest BCUT2D eigenvalue weighted by atomic mass is 127. The Balaban J connectivity index is 0.00000392. The summed E-state index contributed by atoms with van der Waals surface area (Å²) in [5.74, 6) is 2.16. The lowest BCUT2D eigenvalue weighted by Gasteiger charge is -2.34. The summed E-state index contributed by atoms with van der Waals surface area (Å²) in [5, 5.41) is 6.09. The minimum Gasteiger partial charge on any atom is -0.475 e. The molecule has 2 N–H and O–H groups in total. The number of likely N-dealkylation sites (tertiary alicyclic amines) is 1. The van der Waals surface area contributed by atoms with Crippen LogP contribution < -0.4 is 15.4 Å². The van der Waals surface area contributed by atoms with Crippen LogP contribution in [0, 0.1) is 5.92 Å². The zero-order valence-electron chi connectivity index (χ0n) is 17.4. The number of carbonyl (C=O) groups excluding carboxylic acids is 1. The van der Waals surface area contributed by atoms with Crippen LogP contribution in [0.25, 0.3) is 0 Å². The molecule has 7 nitrogen and oxygen atoms in total. The minimum absolute atomic E-state index is 0. The van der Waals surface area contributed by atoms with E-state index in [2.05, 4.69) is 27.4 Å². The van der Waals surface area contributed by atoms with E-state index in [1.54, 1.807) is 7.05 Å². The second-order valence-electron chi connectivity index (χ2n) is 7.15. The van der Waals surface area contributed by atoms with Crippen molar-refractivity contribution in [1.82, 2.24) is 20.5 Å². The van der Waals surface area contributed by atoms with Crippen molar-refractivity contribution in [3.63, 3.8) is 0 Å². The Morgan fingerprint density at radius 3 is 2.61 bits per heavy atom. The molecule has 1 aliphatic rings. The molecule has 0 spiro atoms. The van der Waals surface area contributed by atoms with Crippen molar-refractivity contribution < 1.29 is 9.53 Å². The Bertz CT molecular complexity index is 614. The Morgan fingerprint density at radius 1 is 1.36 bits per heavy atom. The summed E-state index contributed by atoms with van der Waals surface area (Å²) >= 11 is 0. The molecule has 1 amide bonds. The van der Waals surface area contributed by atoms with Gasteiger partial charge in [0.25, 0.3) is 0 Å². The lowest BCUT2D eigenvalue weighted by molar-refractivity contribution is -0.121. The predicted octanol–water partition coefficient (Wildman–Crippen LogP) is 2.80. The summed E-state index contributed by atoms with van der Waals surface area (Å²) < 4.78 is 5.58. The molecule has 1 aromatic rings. The fourth-order valence-corrected chi connectivity index (χ4v) is 3.12. The van der Waals surface area contributed by atoms with Crippen LogP contribution in [0.5, 0.6) is 5.88 Å². The Morgan fingerprint density at radius 2 is 2.07 bits per heavy atom. The number of halogens is 1. The van der Waals surface area contributed by atoms with Crippen molar-refractivity contribution in [2.24, 2.45) is 10.9 Å². The standard InChI is InChI=1S/C20H33N5O2.HI/c1-5-22-20(25-10-8-16(9-11-25)12-18(26)21-4)24-14-17-6-7-19(23-13-17)27-15(2)3;/h6-7,13,15-16H,5,8-12,14H2,1-4H3,(H,21,26)(H,22,24);1H. The first-order chi connectivity index (χ1) is 13.0. The summed E-state index contributed by atoms with van der Waals surface area (Å²) in [6.45, 7) is 9.31. The van der Waals surface area contributed by atoms with E-state index in [9.17, 15) is 4.79 Å². The molecule has 1 saturated heterocycles. The maximum absolute atomic E-state index is 11.6. The third-order valence-electron chi connectivity index (χ3n) is 4.57. The van der Waals surface area contributed by atoms with E-state index in [-0.39, 0.29) is 36.0 Å². The van der Waals surface area contributed by atoms with E-state index >= 15 is 0 Å². The number of rotatable bonds is 7.